The van der Waals surface area contributed by atoms with E-state index in [2.05, 4.69) is 10.2 Å². The molecule has 0 atom stereocenters. The van der Waals surface area contributed by atoms with Crippen molar-refractivity contribution in [3.63, 3.8) is 0 Å². The third-order valence-corrected chi connectivity index (χ3v) is 2.47. The van der Waals surface area contributed by atoms with Gasteiger partial charge in [0.1, 0.15) is 11.4 Å². The molecule has 0 saturated carbocycles. The first-order valence-corrected chi connectivity index (χ1v) is 5.27. The molecule has 0 radical (unpaired) electrons. The normalized spacial score (nSPS) is 11.0. The van der Waals surface area contributed by atoms with E-state index in [4.69, 9.17) is 4.74 Å². The molecule has 0 amide bonds. The first-order chi connectivity index (χ1) is 8.20. The topological polar surface area (TPSA) is 42.8 Å². The first-order valence-electron chi connectivity index (χ1n) is 5.27. The molecule has 1 aromatic heterocycles. The van der Waals surface area contributed by atoms with Crippen molar-refractivity contribution in [1.82, 2.24) is 4.57 Å². The molecule has 0 spiro atoms. The number of methoxy groups -OCH3 is 1. The van der Waals surface area contributed by atoms with Crippen LogP contribution < -0.4 is 9.30 Å². The van der Waals surface area contributed by atoms with Crippen LogP contribution in [0, 0.1) is 0 Å². The van der Waals surface area contributed by atoms with Crippen molar-refractivity contribution in [2.45, 2.75) is 0 Å². The summed E-state index contributed by atoms with van der Waals surface area (Å²) in [6, 6.07) is 7.45. The third kappa shape index (κ3) is 2.50. The highest BCUT2D eigenvalue weighted by Gasteiger charge is 2.09. The lowest BCUT2D eigenvalue weighted by Gasteiger charge is -1.96. The Labute approximate surface area is 100.0 Å². The molecule has 2 rings (SSSR count). The molecular weight excluding hydrogens is 216 g/mol. The number of rotatable bonds is 3. The maximum Gasteiger partial charge on any atom is 0.421 e. The number of nitrogens with zero attached hydrogens (tertiary/aromatic N) is 4. The number of aryl methyl sites for hydroxylation is 2. The molecule has 0 fully saturated rings. The maximum absolute atomic E-state index is 5.08. The summed E-state index contributed by atoms with van der Waals surface area (Å²) in [4.78, 5) is 0. The van der Waals surface area contributed by atoms with Gasteiger partial charge in [0.25, 0.3) is 0 Å². The standard InChI is InChI=1S/C12H15N4O/c1-15-8-9-16(2)12(15)14-13-10-4-6-11(17-3)7-5-10/h4-9H,1-3H3/q+1. The Morgan fingerprint density at radius 2 is 1.88 bits per heavy atom. The lowest BCUT2D eigenvalue weighted by molar-refractivity contribution is -0.657. The van der Waals surface area contributed by atoms with Gasteiger partial charge in [-0.2, -0.15) is 0 Å². The molecule has 5 heteroatoms. The fraction of sp³-hybridized carbons (Fsp3) is 0.250. The second kappa shape index (κ2) is 4.78. The van der Waals surface area contributed by atoms with Gasteiger partial charge in [-0.15, -0.1) is 0 Å². The number of hydrogen-bond acceptors (Lipinski definition) is 3. The number of benzene rings is 1. The van der Waals surface area contributed by atoms with Crippen LogP contribution in [0.1, 0.15) is 0 Å². The Hall–Kier alpha value is -2.17. The van der Waals surface area contributed by atoms with Crippen molar-refractivity contribution in [1.29, 1.82) is 0 Å². The van der Waals surface area contributed by atoms with Gasteiger partial charge in [-0.05, 0) is 24.3 Å². The van der Waals surface area contributed by atoms with Crippen LogP contribution in [0.15, 0.2) is 46.9 Å². The van der Waals surface area contributed by atoms with Crippen molar-refractivity contribution in [3.05, 3.63) is 36.7 Å². The summed E-state index contributed by atoms with van der Waals surface area (Å²) in [7, 11) is 5.51. The lowest BCUT2D eigenvalue weighted by atomic mass is 10.3. The first kappa shape index (κ1) is 11.3. The molecule has 0 aliphatic heterocycles. The van der Waals surface area contributed by atoms with E-state index in [1.807, 2.05) is 59.9 Å². The fourth-order valence-electron chi connectivity index (χ4n) is 1.47. The average Bonchev–Trinajstić information content (AvgIpc) is 2.67. The Balaban J connectivity index is 2.20. The van der Waals surface area contributed by atoms with Crippen LogP contribution in [0.25, 0.3) is 0 Å². The van der Waals surface area contributed by atoms with Crippen molar-refractivity contribution in [2.75, 3.05) is 7.11 Å². The van der Waals surface area contributed by atoms with Crippen LogP contribution in [0.2, 0.25) is 0 Å². The highest BCUT2D eigenvalue weighted by Crippen LogP contribution is 2.19. The number of imidazole rings is 1. The fourth-order valence-corrected chi connectivity index (χ4v) is 1.47. The van der Waals surface area contributed by atoms with Gasteiger partial charge in [0.15, 0.2) is 0 Å². The number of azo groups is 1. The van der Waals surface area contributed by atoms with Gasteiger partial charge in [-0.25, -0.2) is 9.13 Å². The minimum Gasteiger partial charge on any atom is -0.497 e. The van der Waals surface area contributed by atoms with E-state index in [0.717, 1.165) is 17.4 Å². The zero-order valence-electron chi connectivity index (χ0n) is 10.2. The van der Waals surface area contributed by atoms with E-state index < -0.39 is 0 Å². The Kier molecular flexibility index (Phi) is 3.18. The quantitative estimate of drug-likeness (QED) is 0.590. The van der Waals surface area contributed by atoms with Crippen LogP contribution in [0.4, 0.5) is 11.6 Å². The van der Waals surface area contributed by atoms with Crippen molar-refractivity contribution in [3.8, 4) is 5.75 Å². The molecular formula is C12H15N4O+. The summed E-state index contributed by atoms with van der Waals surface area (Å²) in [6.07, 6.45) is 3.87. The summed E-state index contributed by atoms with van der Waals surface area (Å²) < 4.78 is 8.90. The molecule has 0 saturated heterocycles. The van der Waals surface area contributed by atoms with Crippen LogP contribution in [-0.2, 0) is 14.1 Å². The highest BCUT2D eigenvalue weighted by molar-refractivity contribution is 5.40. The molecule has 1 aromatic carbocycles. The summed E-state index contributed by atoms with van der Waals surface area (Å²) in [5.41, 5.74) is 0.798. The predicted molar refractivity (Wildman–Crippen MR) is 63.8 cm³/mol. The monoisotopic (exact) mass is 231 g/mol. The molecule has 2 aromatic rings. The molecule has 0 aliphatic carbocycles. The Bertz CT molecular complexity index is 508. The van der Waals surface area contributed by atoms with E-state index in [9.17, 15) is 0 Å². The molecule has 1 heterocycles. The van der Waals surface area contributed by atoms with Crippen LogP contribution in [0.3, 0.4) is 0 Å². The minimum absolute atomic E-state index is 0.792. The Morgan fingerprint density at radius 1 is 1.18 bits per heavy atom. The van der Waals surface area contributed by atoms with E-state index >= 15 is 0 Å². The summed E-state index contributed by atoms with van der Waals surface area (Å²) in [5.74, 6) is 1.61. The molecule has 0 unspecified atom stereocenters. The van der Waals surface area contributed by atoms with Crippen LogP contribution >= 0.6 is 0 Å². The van der Waals surface area contributed by atoms with Gasteiger partial charge in [0.2, 0.25) is 0 Å². The van der Waals surface area contributed by atoms with Crippen LogP contribution in [0.5, 0.6) is 5.75 Å². The van der Waals surface area contributed by atoms with E-state index in [1.165, 1.54) is 0 Å². The molecule has 88 valence electrons. The van der Waals surface area contributed by atoms with Gasteiger partial charge in [0, 0.05) is 5.11 Å². The maximum atomic E-state index is 5.08. The summed E-state index contributed by atoms with van der Waals surface area (Å²) in [6.45, 7) is 0. The molecule has 0 aliphatic rings. The van der Waals surface area contributed by atoms with E-state index in [0.29, 0.717) is 0 Å². The molecule has 0 N–H and O–H groups in total. The zero-order valence-corrected chi connectivity index (χ0v) is 10.2. The van der Waals surface area contributed by atoms with E-state index in [-0.39, 0.29) is 0 Å². The van der Waals surface area contributed by atoms with Crippen molar-refractivity contribution >= 4 is 11.6 Å². The smallest absolute Gasteiger partial charge is 0.421 e. The molecule has 5 nitrogen and oxygen atoms in total. The molecule has 0 bridgehead atoms. The number of hydrogen-bond donors (Lipinski definition) is 0. The highest BCUT2D eigenvalue weighted by atomic mass is 16.5. The summed E-state index contributed by atoms with van der Waals surface area (Å²) >= 11 is 0. The average molecular weight is 231 g/mol. The van der Waals surface area contributed by atoms with Crippen molar-refractivity contribution < 1.29 is 9.30 Å². The minimum atomic E-state index is 0.792. The number of aromatic nitrogens is 2. The Morgan fingerprint density at radius 3 is 2.41 bits per heavy atom. The molecule has 17 heavy (non-hydrogen) atoms. The van der Waals surface area contributed by atoms with Gasteiger partial charge in [-0.3, -0.25) is 0 Å². The van der Waals surface area contributed by atoms with Crippen molar-refractivity contribution in [2.24, 2.45) is 24.3 Å². The largest absolute Gasteiger partial charge is 0.497 e. The second-order valence-electron chi connectivity index (χ2n) is 3.72. The second-order valence-corrected chi connectivity index (χ2v) is 3.72. The third-order valence-electron chi connectivity index (χ3n) is 2.47. The van der Waals surface area contributed by atoms with Gasteiger partial charge < -0.3 is 4.74 Å². The lowest BCUT2D eigenvalue weighted by Crippen LogP contribution is -2.25. The van der Waals surface area contributed by atoms with E-state index in [1.54, 1.807) is 7.11 Å². The summed E-state index contributed by atoms with van der Waals surface area (Å²) in [5, 5.41) is 8.37. The zero-order chi connectivity index (χ0) is 12.3. The van der Waals surface area contributed by atoms with Crippen LogP contribution in [-0.4, -0.2) is 11.7 Å². The number of ether oxygens (including phenoxy) is 1. The van der Waals surface area contributed by atoms with Gasteiger partial charge in [-0.1, -0.05) is 5.11 Å². The van der Waals surface area contributed by atoms with Gasteiger partial charge in [0.05, 0.1) is 33.6 Å². The van der Waals surface area contributed by atoms with Gasteiger partial charge >= 0.3 is 5.95 Å². The SMILES string of the molecule is COc1ccc(N=Nc2n(C)cc[n+]2C)cc1. The predicted octanol–water partition coefficient (Wildman–Crippen LogP) is 2.27.